The van der Waals surface area contributed by atoms with E-state index in [1.165, 1.54) is 22.3 Å². The van der Waals surface area contributed by atoms with Gasteiger partial charge in [-0.25, -0.2) is 0 Å². The van der Waals surface area contributed by atoms with Crippen LogP contribution in [-0.4, -0.2) is 18.3 Å². The van der Waals surface area contributed by atoms with Gasteiger partial charge in [0.25, 0.3) is 0 Å². The highest BCUT2D eigenvalue weighted by atomic mass is 16.7. The Morgan fingerprint density at radius 3 is 1.20 bits per heavy atom. The van der Waals surface area contributed by atoms with Crippen LogP contribution in [0.5, 0.6) is 0 Å². The van der Waals surface area contributed by atoms with Gasteiger partial charge in [-0.05, 0) is 109 Å². The van der Waals surface area contributed by atoms with Crippen LogP contribution in [-0.2, 0) is 9.31 Å². The van der Waals surface area contributed by atoms with E-state index in [9.17, 15) is 0 Å². The fraction of sp³-hybridized carbons (Fsp3) is 0.143. The topological polar surface area (TPSA) is 21.7 Å². The molecule has 6 aromatic carbocycles. The van der Waals surface area contributed by atoms with Crippen molar-refractivity contribution in [3.05, 3.63) is 158 Å². The van der Waals surface area contributed by atoms with Gasteiger partial charge in [-0.2, -0.15) is 0 Å². The first-order chi connectivity index (χ1) is 22.3. The molecule has 0 aromatic heterocycles. The molecule has 1 heterocycles. The van der Waals surface area contributed by atoms with Gasteiger partial charge in [-0.1, -0.05) is 115 Å². The normalized spacial score (nSPS) is 15.1. The Bertz CT molecular complexity index is 1850. The van der Waals surface area contributed by atoms with Crippen LogP contribution in [0.4, 0.5) is 17.1 Å². The van der Waals surface area contributed by atoms with Crippen LogP contribution in [0, 0.1) is 0 Å². The lowest BCUT2D eigenvalue weighted by atomic mass is 9.79. The predicted molar refractivity (Wildman–Crippen MR) is 193 cm³/mol. The summed E-state index contributed by atoms with van der Waals surface area (Å²) < 4.78 is 12.7. The van der Waals surface area contributed by atoms with Crippen molar-refractivity contribution in [2.24, 2.45) is 0 Å². The van der Waals surface area contributed by atoms with Crippen molar-refractivity contribution in [2.75, 3.05) is 4.90 Å². The van der Waals surface area contributed by atoms with Crippen LogP contribution in [0.25, 0.3) is 33.4 Å². The Hall–Kier alpha value is -4.90. The lowest BCUT2D eigenvalue weighted by Gasteiger charge is -2.32. The van der Waals surface area contributed by atoms with Gasteiger partial charge in [-0.15, -0.1) is 0 Å². The van der Waals surface area contributed by atoms with Crippen molar-refractivity contribution in [1.82, 2.24) is 0 Å². The van der Waals surface area contributed by atoms with Crippen molar-refractivity contribution in [2.45, 2.75) is 38.9 Å². The summed E-state index contributed by atoms with van der Waals surface area (Å²) in [6.07, 6.45) is 0. The minimum Gasteiger partial charge on any atom is -0.399 e. The summed E-state index contributed by atoms with van der Waals surface area (Å²) in [6.45, 7) is 8.36. The summed E-state index contributed by atoms with van der Waals surface area (Å²) in [4.78, 5) is 2.33. The average molecular weight is 600 g/mol. The van der Waals surface area contributed by atoms with Gasteiger partial charge in [0.2, 0.25) is 0 Å². The molecule has 0 radical (unpaired) electrons. The standard InChI is InChI=1S/C42H38BNO2/c1-41(2)42(3,4)46-43(45-41)37-22-26-39(27-23-37)44(38-24-20-34(21-25-38)31-14-8-5-9-15-31)40-29-35(32-16-10-6-11-17-32)28-36(30-40)33-18-12-7-13-19-33/h5-30H,1-4H3. The molecule has 0 atom stereocenters. The van der Waals surface area contributed by atoms with Gasteiger partial charge in [0.15, 0.2) is 0 Å². The molecule has 4 heteroatoms. The zero-order chi connectivity index (χ0) is 31.7. The number of nitrogens with zero attached hydrogens (tertiary/aromatic N) is 1. The maximum atomic E-state index is 6.37. The van der Waals surface area contributed by atoms with Crippen molar-refractivity contribution < 1.29 is 9.31 Å². The van der Waals surface area contributed by atoms with Gasteiger partial charge in [0, 0.05) is 17.1 Å². The minimum atomic E-state index is -0.413. The van der Waals surface area contributed by atoms with E-state index in [-0.39, 0.29) is 0 Å². The third-order valence-corrected chi connectivity index (χ3v) is 9.30. The lowest BCUT2D eigenvalue weighted by molar-refractivity contribution is 0.00578. The fourth-order valence-electron chi connectivity index (χ4n) is 5.98. The van der Waals surface area contributed by atoms with Gasteiger partial charge in [0.1, 0.15) is 0 Å². The molecule has 1 saturated heterocycles. The lowest BCUT2D eigenvalue weighted by Crippen LogP contribution is -2.41. The molecule has 0 saturated carbocycles. The van der Waals surface area contributed by atoms with Crippen molar-refractivity contribution in [3.8, 4) is 33.4 Å². The van der Waals surface area contributed by atoms with Crippen LogP contribution >= 0.6 is 0 Å². The van der Waals surface area contributed by atoms with E-state index in [1.54, 1.807) is 0 Å². The molecule has 0 aliphatic carbocycles. The maximum absolute atomic E-state index is 6.37. The highest BCUT2D eigenvalue weighted by Gasteiger charge is 2.51. The van der Waals surface area contributed by atoms with E-state index in [2.05, 4.69) is 190 Å². The van der Waals surface area contributed by atoms with Crippen LogP contribution in [0.15, 0.2) is 158 Å². The third kappa shape index (κ3) is 5.90. The number of benzene rings is 6. The summed E-state index contributed by atoms with van der Waals surface area (Å²) in [5.41, 5.74) is 10.5. The Balaban J connectivity index is 1.35. The van der Waals surface area contributed by atoms with Crippen LogP contribution in [0.1, 0.15) is 27.7 Å². The Kier molecular flexibility index (Phi) is 7.86. The Morgan fingerprint density at radius 2 is 0.761 bits per heavy atom. The molecule has 46 heavy (non-hydrogen) atoms. The van der Waals surface area contributed by atoms with Gasteiger partial charge >= 0.3 is 7.12 Å². The average Bonchev–Trinajstić information content (AvgIpc) is 3.32. The van der Waals surface area contributed by atoms with Crippen LogP contribution in [0.2, 0.25) is 0 Å². The van der Waals surface area contributed by atoms with Crippen LogP contribution in [0.3, 0.4) is 0 Å². The highest BCUT2D eigenvalue weighted by molar-refractivity contribution is 6.62. The largest absolute Gasteiger partial charge is 0.494 e. The predicted octanol–water partition coefficient (Wildman–Crippen LogP) is 10.5. The second-order valence-electron chi connectivity index (χ2n) is 12.9. The number of rotatable bonds is 7. The molecular formula is C42H38BNO2. The molecule has 0 bridgehead atoms. The quantitative estimate of drug-likeness (QED) is 0.171. The minimum absolute atomic E-state index is 0.394. The molecule has 7 rings (SSSR count). The van der Waals surface area contributed by atoms with Gasteiger partial charge in [-0.3, -0.25) is 0 Å². The maximum Gasteiger partial charge on any atom is 0.494 e. The van der Waals surface area contributed by atoms with Crippen molar-refractivity contribution in [1.29, 1.82) is 0 Å². The first-order valence-corrected chi connectivity index (χ1v) is 15.9. The summed E-state index contributed by atoms with van der Waals surface area (Å²) in [5, 5.41) is 0. The zero-order valence-electron chi connectivity index (χ0n) is 26.9. The molecule has 3 nitrogen and oxygen atoms in total. The molecule has 0 N–H and O–H groups in total. The second-order valence-corrected chi connectivity index (χ2v) is 12.9. The van der Waals surface area contributed by atoms with E-state index < -0.39 is 18.3 Å². The Morgan fingerprint density at radius 1 is 0.391 bits per heavy atom. The summed E-state index contributed by atoms with van der Waals surface area (Å²) in [7, 11) is -0.413. The molecule has 6 aromatic rings. The van der Waals surface area contributed by atoms with E-state index in [0.717, 1.165) is 33.7 Å². The molecule has 226 valence electrons. The first kappa shape index (κ1) is 29.8. The molecule has 0 spiro atoms. The fourth-order valence-corrected chi connectivity index (χ4v) is 5.98. The van der Waals surface area contributed by atoms with E-state index >= 15 is 0 Å². The second kappa shape index (κ2) is 12.1. The molecule has 1 fully saturated rings. The summed E-state index contributed by atoms with van der Waals surface area (Å²) in [5.74, 6) is 0. The molecule has 0 amide bonds. The summed E-state index contributed by atoms with van der Waals surface area (Å²) >= 11 is 0. The third-order valence-electron chi connectivity index (χ3n) is 9.30. The number of hydrogen-bond donors (Lipinski definition) is 0. The van der Waals surface area contributed by atoms with Crippen LogP contribution < -0.4 is 10.4 Å². The first-order valence-electron chi connectivity index (χ1n) is 15.9. The molecule has 0 unspecified atom stereocenters. The SMILES string of the molecule is CC1(C)OB(c2ccc(N(c3ccc(-c4ccccc4)cc3)c3cc(-c4ccccc4)cc(-c4ccccc4)c3)cc2)OC1(C)C. The van der Waals surface area contributed by atoms with E-state index in [1.807, 2.05) is 0 Å². The van der Waals surface area contributed by atoms with Gasteiger partial charge < -0.3 is 14.2 Å². The van der Waals surface area contributed by atoms with E-state index in [0.29, 0.717) is 0 Å². The monoisotopic (exact) mass is 599 g/mol. The molecule has 1 aliphatic heterocycles. The molecule has 1 aliphatic rings. The van der Waals surface area contributed by atoms with Crippen molar-refractivity contribution >= 4 is 29.6 Å². The number of anilines is 3. The van der Waals surface area contributed by atoms with Gasteiger partial charge in [0.05, 0.1) is 11.2 Å². The van der Waals surface area contributed by atoms with Crippen molar-refractivity contribution in [3.63, 3.8) is 0 Å². The Labute approximate surface area is 273 Å². The zero-order valence-corrected chi connectivity index (χ0v) is 26.9. The summed E-state index contributed by atoms with van der Waals surface area (Å²) in [6, 6.07) is 56.0. The van der Waals surface area contributed by atoms with E-state index in [4.69, 9.17) is 9.31 Å². The highest BCUT2D eigenvalue weighted by Crippen LogP contribution is 2.41. The molecular weight excluding hydrogens is 561 g/mol. The number of hydrogen-bond acceptors (Lipinski definition) is 3. The smallest absolute Gasteiger partial charge is 0.399 e.